The van der Waals surface area contributed by atoms with Crippen LogP contribution in [0.2, 0.25) is 0 Å². The molecule has 18 heavy (non-hydrogen) atoms. The van der Waals surface area contributed by atoms with E-state index in [-0.39, 0.29) is 5.60 Å². The van der Waals surface area contributed by atoms with Gasteiger partial charge in [-0.25, -0.2) is 0 Å². The first-order chi connectivity index (χ1) is 8.69. The summed E-state index contributed by atoms with van der Waals surface area (Å²) in [4.78, 5) is 0. The van der Waals surface area contributed by atoms with Crippen molar-refractivity contribution in [2.75, 3.05) is 13.2 Å². The van der Waals surface area contributed by atoms with Gasteiger partial charge in [0.05, 0.1) is 18.3 Å². The van der Waals surface area contributed by atoms with E-state index in [0.29, 0.717) is 24.0 Å². The van der Waals surface area contributed by atoms with E-state index < -0.39 is 0 Å². The van der Waals surface area contributed by atoms with E-state index in [4.69, 9.17) is 15.2 Å². The lowest BCUT2D eigenvalue weighted by Gasteiger charge is -2.41. The lowest BCUT2D eigenvalue weighted by atomic mass is 9.76. The van der Waals surface area contributed by atoms with Crippen molar-refractivity contribution in [3.05, 3.63) is 0 Å². The molecule has 0 aromatic heterocycles. The van der Waals surface area contributed by atoms with Gasteiger partial charge in [0, 0.05) is 18.6 Å². The minimum Gasteiger partial charge on any atom is -0.378 e. The Morgan fingerprint density at radius 3 is 2.67 bits per heavy atom. The summed E-state index contributed by atoms with van der Waals surface area (Å²) < 4.78 is 11.8. The molecule has 104 valence electrons. The maximum atomic E-state index is 6.53. The number of hydrogen-bond acceptors (Lipinski definition) is 3. The average molecular weight is 253 g/mol. The zero-order chi connectivity index (χ0) is 12.6. The minimum absolute atomic E-state index is 0.200. The van der Waals surface area contributed by atoms with Crippen LogP contribution in [0, 0.1) is 11.8 Å². The second-order valence-corrected chi connectivity index (χ2v) is 6.71. The van der Waals surface area contributed by atoms with Crippen molar-refractivity contribution in [3.8, 4) is 0 Å². The number of nitrogens with two attached hydrogens (primary N) is 1. The third kappa shape index (κ3) is 2.45. The van der Waals surface area contributed by atoms with Crippen LogP contribution in [0.1, 0.15) is 51.9 Å². The molecule has 1 saturated carbocycles. The molecule has 2 saturated heterocycles. The fraction of sp³-hybridized carbons (Fsp3) is 1.00. The van der Waals surface area contributed by atoms with E-state index in [1.807, 2.05) is 0 Å². The van der Waals surface area contributed by atoms with Crippen LogP contribution in [0.15, 0.2) is 0 Å². The van der Waals surface area contributed by atoms with Gasteiger partial charge in [-0.15, -0.1) is 0 Å². The molecule has 3 aliphatic rings. The van der Waals surface area contributed by atoms with Crippen LogP contribution >= 0.6 is 0 Å². The molecular formula is C15H27NO2. The van der Waals surface area contributed by atoms with Crippen LogP contribution in [0.3, 0.4) is 0 Å². The lowest BCUT2D eigenvalue weighted by Crippen LogP contribution is -2.46. The molecule has 2 N–H and O–H groups in total. The van der Waals surface area contributed by atoms with Crippen LogP contribution in [-0.4, -0.2) is 31.0 Å². The number of rotatable bonds is 2. The van der Waals surface area contributed by atoms with Gasteiger partial charge >= 0.3 is 0 Å². The third-order valence-electron chi connectivity index (χ3n) is 5.36. The molecule has 0 bridgehead atoms. The van der Waals surface area contributed by atoms with Gasteiger partial charge in [0.1, 0.15) is 0 Å². The second kappa shape index (κ2) is 5.10. The summed E-state index contributed by atoms with van der Waals surface area (Å²) in [7, 11) is 0. The first-order valence-electron chi connectivity index (χ1n) is 7.70. The maximum Gasteiger partial charge on any atom is 0.0685 e. The van der Waals surface area contributed by atoms with E-state index in [2.05, 4.69) is 6.92 Å². The van der Waals surface area contributed by atoms with E-state index in [1.54, 1.807) is 0 Å². The van der Waals surface area contributed by atoms with Crippen LogP contribution in [-0.2, 0) is 9.47 Å². The largest absolute Gasteiger partial charge is 0.378 e. The van der Waals surface area contributed by atoms with Gasteiger partial charge in [-0.3, -0.25) is 0 Å². The van der Waals surface area contributed by atoms with Crippen molar-refractivity contribution >= 4 is 0 Å². The fourth-order valence-electron chi connectivity index (χ4n) is 4.27. The van der Waals surface area contributed by atoms with Crippen molar-refractivity contribution in [2.45, 2.75) is 69.6 Å². The molecule has 1 aliphatic carbocycles. The summed E-state index contributed by atoms with van der Waals surface area (Å²) in [6.45, 7) is 3.95. The molecule has 3 heteroatoms. The maximum absolute atomic E-state index is 6.53. The predicted octanol–water partition coefficient (Wildman–Crippen LogP) is 2.48. The summed E-state index contributed by atoms with van der Waals surface area (Å²) in [5.74, 6) is 1.22. The minimum atomic E-state index is 0.200. The Hall–Kier alpha value is -0.120. The van der Waals surface area contributed by atoms with E-state index in [0.717, 1.165) is 26.1 Å². The van der Waals surface area contributed by atoms with E-state index >= 15 is 0 Å². The topological polar surface area (TPSA) is 44.5 Å². The molecule has 4 unspecified atom stereocenters. The fourth-order valence-corrected chi connectivity index (χ4v) is 4.27. The molecule has 3 rings (SSSR count). The summed E-state index contributed by atoms with van der Waals surface area (Å²) in [5.41, 5.74) is 6.73. The van der Waals surface area contributed by atoms with Crippen molar-refractivity contribution < 1.29 is 9.47 Å². The smallest absolute Gasteiger partial charge is 0.0685 e. The van der Waals surface area contributed by atoms with Crippen molar-refractivity contribution in [2.24, 2.45) is 17.6 Å². The van der Waals surface area contributed by atoms with Gasteiger partial charge < -0.3 is 15.2 Å². The zero-order valence-electron chi connectivity index (χ0n) is 11.6. The Morgan fingerprint density at radius 2 is 2.00 bits per heavy atom. The van der Waals surface area contributed by atoms with Crippen molar-refractivity contribution in [1.82, 2.24) is 0 Å². The Balaban J connectivity index is 1.61. The number of hydrogen-bond donors (Lipinski definition) is 1. The van der Waals surface area contributed by atoms with Gasteiger partial charge in [0.2, 0.25) is 0 Å². The highest BCUT2D eigenvalue weighted by molar-refractivity contribution is 4.95. The van der Waals surface area contributed by atoms with Gasteiger partial charge in [0.15, 0.2) is 0 Å². The highest BCUT2D eigenvalue weighted by Crippen LogP contribution is 2.44. The van der Waals surface area contributed by atoms with E-state index in [9.17, 15) is 0 Å². The van der Waals surface area contributed by atoms with Crippen LogP contribution < -0.4 is 5.73 Å². The summed E-state index contributed by atoms with van der Waals surface area (Å²) in [5, 5.41) is 0. The predicted molar refractivity (Wildman–Crippen MR) is 71.4 cm³/mol. The third-order valence-corrected chi connectivity index (χ3v) is 5.36. The molecule has 2 aliphatic heterocycles. The highest BCUT2D eigenvalue weighted by Gasteiger charge is 2.43. The Kier molecular flexibility index (Phi) is 3.65. The Bertz CT molecular complexity index is 288. The van der Waals surface area contributed by atoms with Crippen molar-refractivity contribution in [1.29, 1.82) is 0 Å². The normalized spacial score (nSPS) is 41.3. The molecule has 0 aromatic carbocycles. The number of ether oxygens (including phenoxy) is 2. The van der Waals surface area contributed by atoms with Gasteiger partial charge in [0.25, 0.3) is 0 Å². The molecule has 1 spiro atoms. The molecule has 3 fully saturated rings. The summed E-state index contributed by atoms with van der Waals surface area (Å²) in [6, 6.07) is 0.316. The SMILES string of the molecule is CC1CC(C(N)C2CCOC3(CCCC3)C2)CO1. The molecular weight excluding hydrogens is 226 g/mol. The monoisotopic (exact) mass is 253 g/mol. The highest BCUT2D eigenvalue weighted by atomic mass is 16.5. The van der Waals surface area contributed by atoms with Gasteiger partial charge in [-0.2, -0.15) is 0 Å². The second-order valence-electron chi connectivity index (χ2n) is 6.71. The molecule has 2 heterocycles. The van der Waals surface area contributed by atoms with Crippen molar-refractivity contribution in [3.63, 3.8) is 0 Å². The molecule has 3 nitrogen and oxygen atoms in total. The molecule has 0 amide bonds. The molecule has 0 aromatic rings. The summed E-state index contributed by atoms with van der Waals surface area (Å²) in [6.07, 6.45) is 9.08. The standard InChI is InChI=1S/C15H27NO2/c1-11-8-13(10-17-11)14(16)12-4-7-18-15(9-12)5-2-3-6-15/h11-14H,2-10,16H2,1H3. The average Bonchev–Trinajstić information content (AvgIpc) is 2.98. The van der Waals surface area contributed by atoms with Gasteiger partial charge in [-0.05, 0) is 44.9 Å². The van der Waals surface area contributed by atoms with Crippen LogP contribution in [0.5, 0.6) is 0 Å². The Labute approximate surface area is 110 Å². The summed E-state index contributed by atoms with van der Waals surface area (Å²) >= 11 is 0. The first kappa shape index (κ1) is 12.9. The molecule has 0 radical (unpaired) electrons. The zero-order valence-corrected chi connectivity index (χ0v) is 11.6. The van der Waals surface area contributed by atoms with Crippen LogP contribution in [0.4, 0.5) is 0 Å². The molecule has 4 atom stereocenters. The quantitative estimate of drug-likeness (QED) is 0.822. The first-order valence-corrected chi connectivity index (χ1v) is 7.70. The van der Waals surface area contributed by atoms with E-state index in [1.165, 1.54) is 32.1 Å². The van der Waals surface area contributed by atoms with Crippen LogP contribution in [0.25, 0.3) is 0 Å². The Morgan fingerprint density at radius 1 is 1.22 bits per heavy atom. The lowest BCUT2D eigenvalue weighted by molar-refractivity contribution is -0.0987. The van der Waals surface area contributed by atoms with Gasteiger partial charge in [-0.1, -0.05) is 12.8 Å².